The van der Waals surface area contributed by atoms with Crippen LogP contribution < -0.4 is 0 Å². The average Bonchev–Trinajstić information content (AvgIpc) is 2.76. The largest absolute Gasteiger partial charge is 0.396 e. The summed E-state index contributed by atoms with van der Waals surface area (Å²) in [7, 11) is 0. The second-order valence-corrected chi connectivity index (χ2v) is 10.3. The van der Waals surface area contributed by atoms with Gasteiger partial charge < -0.3 is 14.6 Å². The van der Waals surface area contributed by atoms with Gasteiger partial charge in [0.1, 0.15) is 0 Å². The third kappa shape index (κ3) is 36.4. The van der Waals surface area contributed by atoms with Crippen LogP contribution in [0.25, 0.3) is 0 Å². The molecule has 0 unspecified atom stereocenters. The predicted octanol–water partition coefficient (Wildman–Crippen LogP) is 7.58. The van der Waals surface area contributed by atoms with Crippen molar-refractivity contribution in [2.24, 2.45) is 0 Å². The van der Waals surface area contributed by atoms with Crippen LogP contribution in [0.1, 0.15) is 89.9 Å². The van der Waals surface area contributed by atoms with Crippen molar-refractivity contribution < 1.29 is 14.6 Å². The summed E-state index contributed by atoms with van der Waals surface area (Å²) in [5.41, 5.74) is 0. The lowest BCUT2D eigenvalue weighted by molar-refractivity contribution is 0.127. The number of hydrogen-bond donors (Lipinski definition) is 1. The highest BCUT2D eigenvalue weighted by atomic mass is 79.9. The van der Waals surface area contributed by atoms with E-state index < -0.39 is 0 Å². The SMILES string of the molecule is CSCCCCOCCCCCCCBr.CSCCCCOCCCCCCCO. The monoisotopic (exact) mass is 530 g/mol. The molecule has 0 aliphatic heterocycles. The maximum Gasteiger partial charge on any atom is 0.0466 e. The fourth-order valence-electron chi connectivity index (χ4n) is 2.78. The summed E-state index contributed by atoms with van der Waals surface area (Å²) in [6, 6.07) is 0. The number of aliphatic hydroxyl groups excluding tert-OH is 1. The molecule has 184 valence electrons. The smallest absolute Gasteiger partial charge is 0.0466 e. The summed E-state index contributed by atoms with van der Waals surface area (Å²) in [5.74, 6) is 2.53. The Morgan fingerprint density at radius 3 is 1.30 bits per heavy atom. The highest BCUT2D eigenvalue weighted by molar-refractivity contribution is 9.09. The second kappa shape index (κ2) is 34.7. The highest BCUT2D eigenvalue weighted by Crippen LogP contribution is 2.06. The normalized spacial score (nSPS) is 10.8. The minimum absolute atomic E-state index is 0.339. The second-order valence-electron chi connectivity index (χ2n) is 7.57. The molecule has 0 aliphatic carbocycles. The molecular weight excluding hydrogens is 480 g/mol. The fourth-order valence-corrected chi connectivity index (χ4v) is 4.16. The van der Waals surface area contributed by atoms with Gasteiger partial charge in [0, 0.05) is 38.4 Å². The van der Waals surface area contributed by atoms with E-state index in [4.69, 9.17) is 14.6 Å². The number of thioether (sulfide) groups is 2. The van der Waals surface area contributed by atoms with E-state index in [1.807, 2.05) is 23.5 Å². The average molecular weight is 532 g/mol. The van der Waals surface area contributed by atoms with Crippen LogP contribution in [0.15, 0.2) is 0 Å². The van der Waals surface area contributed by atoms with Gasteiger partial charge in [0.25, 0.3) is 0 Å². The first-order valence-electron chi connectivity index (χ1n) is 12.1. The number of aliphatic hydroxyl groups is 1. The summed E-state index contributed by atoms with van der Waals surface area (Å²) in [5, 5.41) is 9.74. The molecule has 0 heterocycles. The minimum Gasteiger partial charge on any atom is -0.396 e. The van der Waals surface area contributed by atoms with E-state index in [0.29, 0.717) is 6.61 Å². The molecule has 30 heavy (non-hydrogen) atoms. The van der Waals surface area contributed by atoms with E-state index in [1.165, 1.54) is 88.6 Å². The van der Waals surface area contributed by atoms with Crippen molar-refractivity contribution in [2.45, 2.75) is 89.9 Å². The summed E-state index contributed by atoms with van der Waals surface area (Å²) in [4.78, 5) is 0. The van der Waals surface area contributed by atoms with Crippen LogP contribution in [0.2, 0.25) is 0 Å². The van der Waals surface area contributed by atoms with E-state index >= 15 is 0 Å². The molecule has 0 spiro atoms. The molecule has 0 radical (unpaired) electrons. The van der Waals surface area contributed by atoms with E-state index in [0.717, 1.165) is 44.6 Å². The molecule has 6 heteroatoms. The molecule has 0 aromatic heterocycles. The Hall–Kier alpha value is 1.06. The zero-order valence-electron chi connectivity index (χ0n) is 20.0. The Balaban J connectivity index is 0. The number of rotatable bonds is 24. The van der Waals surface area contributed by atoms with E-state index in [9.17, 15) is 0 Å². The molecule has 1 N–H and O–H groups in total. The van der Waals surface area contributed by atoms with Gasteiger partial charge in [-0.15, -0.1) is 0 Å². The summed E-state index contributed by atoms with van der Waals surface area (Å²) in [6.45, 7) is 4.11. The molecule has 0 saturated heterocycles. The number of ether oxygens (including phenoxy) is 2. The van der Waals surface area contributed by atoms with Crippen LogP contribution >= 0.6 is 39.5 Å². The third-order valence-electron chi connectivity index (χ3n) is 4.64. The molecule has 0 saturated carbocycles. The van der Waals surface area contributed by atoms with E-state index in [1.54, 1.807) is 0 Å². The van der Waals surface area contributed by atoms with Crippen molar-refractivity contribution in [3.8, 4) is 0 Å². The van der Waals surface area contributed by atoms with Gasteiger partial charge in [0.15, 0.2) is 0 Å². The Kier molecular flexibility index (Phi) is 38.4. The topological polar surface area (TPSA) is 38.7 Å². The first kappa shape index (κ1) is 33.2. The Morgan fingerprint density at radius 1 is 0.533 bits per heavy atom. The van der Waals surface area contributed by atoms with Gasteiger partial charge in [0.05, 0.1) is 0 Å². The van der Waals surface area contributed by atoms with Gasteiger partial charge in [0.2, 0.25) is 0 Å². The maximum absolute atomic E-state index is 8.58. The molecule has 0 amide bonds. The van der Waals surface area contributed by atoms with Gasteiger partial charge in [-0.2, -0.15) is 23.5 Å². The predicted molar refractivity (Wildman–Crippen MR) is 144 cm³/mol. The van der Waals surface area contributed by atoms with Crippen molar-refractivity contribution >= 4 is 39.5 Å². The molecule has 0 rings (SSSR count). The van der Waals surface area contributed by atoms with Crippen molar-refractivity contribution in [1.29, 1.82) is 0 Å². The van der Waals surface area contributed by atoms with Gasteiger partial charge in [-0.05, 0) is 75.4 Å². The molecule has 0 aliphatic rings. The highest BCUT2D eigenvalue weighted by Gasteiger charge is 1.93. The van der Waals surface area contributed by atoms with Crippen LogP contribution in [0, 0.1) is 0 Å². The minimum atomic E-state index is 0.339. The lowest BCUT2D eigenvalue weighted by Gasteiger charge is -2.03. The summed E-state index contributed by atoms with van der Waals surface area (Å²) < 4.78 is 11.1. The number of unbranched alkanes of at least 4 members (excludes halogenated alkanes) is 10. The van der Waals surface area contributed by atoms with Crippen LogP contribution in [0.3, 0.4) is 0 Å². The van der Waals surface area contributed by atoms with Gasteiger partial charge in [-0.1, -0.05) is 54.5 Å². The van der Waals surface area contributed by atoms with Crippen molar-refractivity contribution in [2.75, 3.05) is 62.4 Å². The fraction of sp³-hybridized carbons (Fsp3) is 1.00. The van der Waals surface area contributed by atoms with Crippen molar-refractivity contribution in [1.82, 2.24) is 0 Å². The Bertz CT molecular complexity index is 225. The number of alkyl halides is 1. The molecule has 0 fully saturated rings. The van der Waals surface area contributed by atoms with E-state index in [2.05, 4.69) is 28.4 Å². The van der Waals surface area contributed by atoms with Gasteiger partial charge in [-0.3, -0.25) is 0 Å². The number of halogens is 1. The molecule has 0 aromatic rings. The van der Waals surface area contributed by atoms with Gasteiger partial charge >= 0.3 is 0 Å². The molecule has 0 bridgehead atoms. The molecule has 3 nitrogen and oxygen atoms in total. The maximum atomic E-state index is 8.58. The summed E-state index contributed by atoms with van der Waals surface area (Å²) >= 11 is 7.27. The van der Waals surface area contributed by atoms with Crippen LogP contribution in [0.5, 0.6) is 0 Å². The standard InChI is InChI=1S/C12H25BrOS.C12H26O2S/c2*1-15-12-8-7-11-14-10-6-4-2-3-5-9-13/h2-12H2,1H3;13H,2-12H2,1H3. The Labute approximate surface area is 205 Å². The van der Waals surface area contributed by atoms with E-state index in [-0.39, 0.29) is 0 Å². The first-order valence-corrected chi connectivity index (χ1v) is 16.0. The van der Waals surface area contributed by atoms with Crippen LogP contribution in [-0.4, -0.2) is 67.5 Å². The lowest BCUT2D eigenvalue weighted by Crippen LogP contribution is -1.97. The van der Waals surface area contributed by atoms with Crippen molar-refractivity contribution in [3.63, 3.8) is 0 Å². The van der Waals surface area contributed by atoms with Crippen molar-refractivity contribution in [3.05, 3.63) is 0 Å². The molecule has 0 aromatic carbocycles. The Morgan fingerprint density at radius 2 is 0.900 bits per heavy atom. The van der Waals surface area contributed by atoms with Crippen LogP contribution in [-0.2, 0) is 9.47 Å². The zero-order valence-corrected chi connectivity index (χ0v) is 23.2. The molecule has 0 atom stereocenters. The molecular formula is C24H51BrO3S2. The summed E-state index contributed by atoms with van der Waals surface area (Å²) in [6.07, 6.45) is 21.7. The zero-order chi connectivity index (χ0) is 22.4. The lowest BCUT2D eigenvalue weighted by atomic mass is 10.1. The quantitative estimate of drug-likeness (QED) is 0.103. The number of hydrogen-bond acceptors (Lipinski definition) is 5. The van der Waals surface area contributed by atoms with Gasteiger partial charge in [-0.25, -0.2) is 0 Å². The first-order chi connectivity index (χ1) is 14.8. The van der Waals surface area contributed by atoms with Crippen LogP contribution in [0.4, 0.5) is 0 Å². The third-order valence-corrected chi connectivity index (χ3v) is 6.60.